The molecule has 0 aromatic heterocycles. The molecule has 0 radical (unpaired) electrons. The summed E-state index contributed by atoms with van der Waals surface area (Å²) in [5.41, 5.74) is 2.13. The Bertz CT molecular complexity index is 1140. The first kappa shape index (κ1) is 19.7. The second-order valence-corrected chi connectivity index (χ2v) is 8.24. The van der Waals surface area contributed by atoms with Crippen LogP contribution in [0.5, 0.6) is 11.5 Å². The number of methoxy groups -OCH3 is 1. The monoisotopic (exact) mass is 407 g/mol. The van der Waals surface area contributed by atoms with Crippen LogP contribution >= 0.6 is 0 Å². The standard InChI is InChI=1S/C23H21NO6/c1-23(2,3)15-10-12(29-4)9-14-19(22(28)30-20(14)15)18-13-7-5-6-8-16(13)24(21(18)27)11-17(25)26/h5-10H,11H2,1-4H3,(H,25,26). The number of ether oxygens (including phenoxy) is 2. The van der Waals surface area contributed by atoms with E-state index in [1.807, 2.05) is 26.8 Å². The van der Waals surface area contributed by atoms with Crippen LogP contribution in [0.1, 0.15) is 37.5 Å². The van der Waals surface area contributed by atoms with E-state index in [1.165, 1.54) is 7.11 Å². The van der Waals surface area contributed by atoms with Crippen LogP contribution in [0, 0.1) is 0 Å². The van der Waals surface area contributed by atoms with E-state index >= 15 is 0 Å². The van der Waals surface area contributed by atoms with Gasteiger partial charge in [0.2, 0.25) is 0 Å². The predicted octanol–water partition coefficient (Wildman–Crippen LogP) is 3.25. The van der Waals surface area contributed by atoms with Gasteiger partial charge >= 0.3 is 11.9 Å². The van der Waals surface area contributed by atoms with Gasteiger partial charge in [0.05, 0.1) is 23.9 Å². The Labute approximate surface area is 173 Å². The molecule has 2 aliphatic heterocycles. The topological polar surface area (TPSA) is 93.1 Å². The van der Waals surface area contributed by atoms with Gasteiger partial charge in [0.1, 0.15) is 18.0 Å². The highest BCUT2D eigenvalue weighted by atomic mass is 16.5. The fraction of sp³-hybridized carbons (Fsp3) is 0.261. The number of carbonyl (C=O) groups is 3. The molecule has 7 heteroatoms. The zero-order chi connectivity index (χ0) is 21.8. The Morgan fingerprint density at radius 1 is 1.10 bits per heavy atom. The molecule has 0 fully saturated rings. The fourth-order valence-corrected chi connectivity index (χ4v) is 3.88. The van der Waals surface area contributed by atoms with E-state index in [0.29, 0.717) is 28.3 Å². The molecule has 2 aromatic carbocycles. The van der Waals surface area contributed by atoms with Crippen LogP contribution in [0.25, 0.3) is 11.1 Å². The molecule has 1 N–H and O–H groups in total. The minimum absolute atomic E-state index is 0.125. The zero-order valence-corrected chi connectivity index (χ0v) is 17.1. The van der Waals surface area contributed by atoms with Gasteiger partial charge in [-0.3, -0.25) is 14.5 Å². The maximum Gasteiger partial charge on any atom is 0.345 e. The van der Waals surface area contributed by atoms with Crippen LogP contribution < -0.4 is 14.4 Å². The minimum atomic E-state index is -1.14. The third kappa shape index (κ3) is 2.94. The van der Waals surface area contributed by atoms with Gasteiger partial charge in [0, 0.05) is 16.7 Å². The van der Waals surface area contributed by atoms with Gasteiger partial charge < -0.3 is 14.6 Å². The van der Waals surface area contributed by atoms with Crippen molar-refractivity contribution in [2.45, 2.75) is 26.2 Å². The van der Waals surface area contributed by atoms with Gasteiger partial charge in [-0.25, -0.2) is 4.79 Å². The van der Waals surface area contributed by atoms with Crippen molar-refractivity contribution in [2.75, 3.05) is 18.6 Å². The molecule has 0 saturated carbocycles. The number of rotatable bonds is 3. The van der Waals surface area contributed by atoms with Crippen LogP contribution in [-0.2, 0) is 19.8 Å². The van der Waals surface area contributed by atoms with Crippen molar-refractivity contribution in [3.8, 4) is 11.5 Å². The van der Waals surface area contributed by atoms with Crippen LogP contribution in [-0.4, -0.2) is 36.6 Å². The maximum absolute atomic E-state index is 13.2. The molecule has 0 saturated heterocycles. The highest BCUT2D eigenvalue weighted by molar-refractivity contribution is 6.46. The van der Waals surface area contributed by atoms with Crippen molar-refractivity contribution < 1.29 is 29.0 Å². The second-order valence-electron chi connectivity index (χ2n) is 8.24. The average Bonchev–Trinajstić information content (AvgIpc) is 3.13. The Morgan fingerprint density at radius 2 is 1.80 bits per heavy atom. The second kappa shape index (κ2) is 6.73. The van der Waals surface area contributed by atoms with Crippen molar-refractivity contribution in [1.29, 1.82) is 0 Å². The summed E-state index contributed by atoms with van der Waals surface area (Å²) in [6.45, 7) is 5.48. The van der Waals surface area contributed by atoms with Crippen LogP contribution in [0.4, 0.5) is 5.69 Å². The van der Waals surface area contributed by atoms with E-state index in [4.69, 9.17) is 9.47 Å². The van der Waals surface area contributed by atoms with Crippen molar-refractivity contribution in [1.82, 2.24) is 0 Å². The zero-order valence-electron chi connectivity index (χ0n) is 17.1. The maximum atomic E-state index is 13.2. The van der Waals surface area contributed by atoms with E-state index in [2.05, 4.69) is 0 Å². The van der Waals surface area contributed by atoms with E-state index < -0.39 is 24.4 Å². The normalized spacial score (nSPS) is 17.7. The van der Waals surface area contributed by atoms with Gasteiger partial charge in [-0.15, -0.1) is 0 Å². The molecule has 2 aromatic rings. The van der Waals surface area contributed by atoms with Crippen molar-refractivity contribution in [3.05, 3.63) is 53.1 Å². The Hall–Kier alpha value is -3.61. The lowest BCUT2D eigenvalue weighted by atomic mass is 9.84. The van der Waals surface area contributed by atoms with E-state index in [-0.39, 0.29) is 16.6 Å². The number of carboxylic acid groups (broad SMARTS) is 1. The van der Waals surface area contributed by atoms with Crippen molar-refractivity contribution in [3.63, 3.8) is 0 Å². The summed E-state index contributed by atoms with van der Waals surface area (Å²) < 4.78 is 11.1. The Balaban J connectivity index is 2.02. The highest BCUT2D eigenvalue weighted by Gasteiger charge is 2.42. The first-order valence-electron chi connectivity index (χ1n) is 9.46. The van der Waals surface area contributed by atoms with E-state index in [9.17, 15) is 19.5 Å². The third-order valence-corrected chi connectivity index (χ3v) is 5.24. The molecular weight excluding hydrogens is 386 g/mol. The number of esters is 1. The highest BCUT2D eigenvalue weighted by Crippen LogP contribution is 2.49. The predicted molar refractivity (Wildman–Crippen MR) is 111 cm³/mol. The van der Waals surface area contributed by atoms with E-state index in [0.717, 1.165) is 10.5 Å². The molecule has 2 aliphatic rings. The number of benzene rings is 2. The molecule has 4 rings (SSSR count). The van der Waals surface area contributed by atoms with Crippen molar-refractivity contribution in [2.24, 2.45) is 0 Å². The molecule has 0 bridgehead atoms. The molecule has 0 unspecified atom stereocenters. The summed E-state index contributed by atoms with van der Waals surface area (Å²) in [4.78, 5) is 38.7. The third-order valence-electron chi connectivity index (χ3n) is 5.24. The quantitative estimate of drug-likeness (QED) is 0.477. The Kier molecular flexibility index (Phi) is 4.42. The first-order valence-corrected chi connectivity index (χ1v) is 9.46. The minimum Gasteiger partial charge on any atom is -0.497 e. The smallest absolute Gasteiger partial charge is 0.345 e. The number of aliphatic carboxylic acids is 1. The number of hydrogen-bond donors (Lipinski definition) is 1. The van der Waals surface area contributed by atoms with Crippen molar-refractivity contribution >= 4 is 34.7 Å². The number of nitrogens with zero attached hydrogens (tertiary/aromatic N) is 1. The largest absolute Gasteiger partial charge is 0.497 e. The lowest BCUT2D eigenvalue weighted by Crippen LogP contribution is -2.32. The SMILES string of the molecule is COc1cc2c(c(C(C)(C)C)c1)OC(=O)C2=C1C(=O)N(CC(=O)O)c2ccccc21. The average molecular weight is 407 g/mol. The Morgan fingerprint density at radius 3 is 2.43 bits per heavy atom. The van der Waals surface area contributed by atoms with Gasteiger partial charge in [-0.2, -0.15) is 0 Å². The van der Waals surface area contributed by atoms with Crippen LogP contribution in [0.15, 0.2) is 36.4 Å². The van der Waals surface area contributed by atoms with Gasteiger partial charge in [0.15, 0.2) is 0 Å². The molecular formula is C23H21NO6. The number of hydrogen-bond acceptors (Lipinski definition) is 5. The number of carbonyl (C=O) groups excluding carboxylic acids is 2. The summed E-state index contributed by atoms with van der Waals surface area (Å²) in [7, 11) is 1.53. The lowest BCUT2D eigenvalue weighted by molar-refractivity contribution is -0.136. The van der Waals surface area contributed by atoms with E-state index in [1.54, 1.807) is 30.3 Å². The summed E-state index contributed by atoms with van der Waals surface area (Å²) in [5, 5.41) is 9.25. The lowest BCUT2D eigenvalue weighted by Gasteiger charge is -2.22. The molecule has 0 spiro atoms. The number of fused-ring (bicyclic) bond motifs is 2. The van der Waals surface area contributed by atoms with Crippen LogP contribution in [0.3, 0.4) is 0 Å². The summed E-state index contributed by atoms with van der Waals surface area (Å²) in [5.74, 6) is -1.39. The molecule has 30 heavy (non-hydrogen) atoms. The van der Waals surface area contributed by atoms with Gasteiger partial charge in [-0.1, -0.05) is 39.0 Å². The molecule has 1 amide bonds. The number of para-hydroxylation sites is 1. The molecule has 7 nitrogen and oxygen atoms in total. The first-order chi connectivity index (χ1) is 14.1. The molecule has 154 valence electrons. The summed E-state index contributed by atoms with van der Waals surface area (Å²) >= 11 is 0. The number of anilines is 1. The molecule has 0 atom stereocenters. The molecule has 0 aliphatic carbocycles. The summed E-state index contributed by atoms with van der Waals surface area (Å²) in [6, 6.07) is 10.3. The van der Waals surface area contributed by atoms with Gasteiger partial charge in [0.25, 0.3) is 5.91 Å². The number of carboxylic acids is 1. The number of amides is 1. The van der Waals surface area contributed by atoms with Gasteiger partial charge in [-0.05, 0) is 23.6 Å². The summed E-state index contributed by atoms with van der Waals surface area (Å²) in [6.07, 6.45) is 0. The van der Waals surface area contributed by atoms with Crippen LogP contribution in [0.2, 0.25) is 0 Å². The molecule has 2 heterocycles. The fourth-order valence-electron chi connectivity index (χ4n) is 3.88.